The second-order valence-electron chi connectivity index (χ2n) is 4.43. The van der Waals surface area contributed by atoms with Crippen LogP contribution in [0.4, 0.5) is 5.69 Å². The van der Waals surface area contributed by atoms with Crippen LogP contribution in [0.15, 0.2) is 30.5 Å². The second kappa shape index (κ2) is 5.56. The van der Waals surface area contributed by atoms with E-state index in [4.69, 9.17) is 5.73 Å². The number of amides is 1. The fraction of sp³-hybridized carbons (Fsp3) is 0.286. The predicted octanol–water partition coefficient (Wildman–Crippen LogP) is 1.96. The summed E-state index contributed by atoms with van der Waals surface area (Å²) in [5.74, 6) is -0.0306. The molecule has 0 saturated heterocycles. The van der Waals surface area contributed by atoms with E-state index in [0.717, 1.165) is 11.3 Å². The summed E-state index contributed by atoms with van der Waals surface area (Å²) >= 11 is 0. The molecule has 3 N–H and O–H groups in total. The monoisotopic (exact) mass is 258 g/mol. The minimum atomic E-state index is -0.0306. The van der Waals surface area contributed by atoms with Crippen molar-refractivity contribution in [1.29, 1.82) is 0 Å². The molecule has 0 fully saturated rings. The number of rotatable bonds is 4. The average molecular weight is 258 g/mol. The maximum atomic E-state index is 12.4. The minimum absolute atomic E-state index is 0.0306. The Morgan fingerprint density at radius 3 is 2.74 bits per heavy atom. The molecule has 2 rings (SSSR count). The van der Waals surface area contributed by atoms with Crippen LogP contribution >= 0.6 is 0 Å². The van der Waals surface area contributed by atoms with Crippen molar-refractivity contribution < 1.29 is 4.79 Å². The van der Waals surface area contributed by atoms with Gasteiger partial charge in [0, 0.05) is 24.5 Å². The largest absolute Gasteiger partial charge is 0.398 e. The van der Waals surface area contributed by atoms with E-state index in [1.165, 1.54) is 0 Å². The van der Waals surface area contributed by atoms with Gasteiger partial charge in [0.1, 0.15) is 0 Å². The van der Waals surface area contributed by atoms with Crippen molar-refractivity contribution in [2.24, 2.45) is 0 Å². The zero-order valence-corrected chi connectivity index (χ0v) is 11.2. The van der Waals surface area contributed by atoms with Crippen LogP contribution in [0.5, 0.6) is 0 Å². The van der Waals surface area contributed by atoms with Gasteiger partial charge in [0.2, 0.25) is 0 Å². The van der Waals surface area contributed by atoms with Crippen LogP contribution in [0, 0.1) is 6.92 Å². The highest BCUT2D eigenvalue weighted by Gasteiger charge is 2.18. The number of aryl methyl sites for hydroxylation is 1. The van der Waals surface area contributed by atoms with Crippen LogP contribution in [0.2, 0.25) is 0 Å². The van der Waals surface area contributed by atoms with Gasteiger partial charge in [-0.25, -0.2) is 0 Å². The van der Waals surface area contributed by atoms with Crippen molar-refractivity contribution in [3.63, 3.8) is 0 Å². The number of H-pyrrole nitrogens is 1. The number of hydrogen-bond donors (Lipinski definition) is 2. The van der Waals surface area contributed by atoms with Gasteiger partial charge in [-0.2, -0.15) is 5.10 Å². The van der Waals surface area contributed by atoms with Gasteiger partial charge in [-0.3, -0.25) is 9.89 Å². The molecule has 2 aromatic rings. The van der Waals surface area contributed by atoms with Gasteiger partial charge >= 0.3 is 0 Å². The Morgan fingerprint density at radius 1 is 1.42 bits per heavy atom. The molecule has 5 heteroatoms. The Balaban J connectivity index is 2.20. The molecule has 0 radical (unpaired) electrons. The molecule has 1 heterocycles. The summed E-state index contributed by atoms with van der Waals surface area (Å²) in [6.45, 7) is 4.92. The highest BCUT2D eigenvalue weighted by molar-refractivity contribution is 5.95. The van der Waals surface area contributed by atoms with E-state index in [9.17, 15) is 4.79 Å². The first-order valence-electron chi connectivity index (χ1n) is 6.26. The molecule has 0 spiro atoms. The van der Waals surface area contributed by atoms with Crippen molar-refractivity contribution in [1.82, 2.24) is 15.1 Å². The number of carbonyl (C=O) groups is 1. The normalized spacial score (nSPS) is 10.4. The highest BCUT2D eigenvalue weighted by atomic mass is 16.2. The van der Waals surface area contributed by atoms with Gasteiger partial charge in [-0.1, -0.05) is 18.2 Å². The van der Waals surface area contributed by atoms with Crippen molar-refractivity contribution in [2.75, 3.05) is 12.3 Å². The number of nitrogens with two attached hydrogens (primary N) is 1. The minimum Gasteiger partial charge on any atom is -0.398 e. The summed E-state index contributed by atoms with van der Waals surface area (Å²) in [6.07, 6.45) is 1.56. The smallest absolute Gasteiger partial charge is 0.257 e. The van der Waals surface area contributed by atoms with Crippen LogP contribution < -0.4 is 5.73 Å². The predicted molar refractivity (Wildman–Crippen MR) is 74.6 cm³/mol. The third-order valence-electron chi connectivity index (χ3n) is 3.15. The van der Waals surface area contributed by atoms with Crippen LogP contribution in [0.25, 0.3) is 0 Å². The number of nitrogens with zero attached hydrogens (tertiary/aromatic N) is 2. The van der Waals surface area contributed by atoms with E-state index in [2.05, 4.69) is 10.2 Å². The first-order valence-corrected chi connectivity index (χ1v) is 6.26. The molecule has 5 nitrogen and oxygen atoms in total. The molecule has 0 unspecified atom stereocenters. The molecule has 0 aliphatic rings. The molecule has 100 valence electrons. The number of anilines is 1. The summed E-state index contributed by atoms with van der Waals surface area (Å²) in [7, 11) is 0. The van der Waals surface area contributed by atoms with E-state index >= 15 is 0 Å². The second-order valence-corrected chi connectivity index (χ2v) is 4.43. The Hall–Kier alpha value is -2.30. The zero-order valence-electron chi connectivity index (χ0n) is 11.2. The summed E-state index contributed by atoms with van der Waals surface area (Å²) in [4.78, 5) is 14.2. The van der Waals surface area contributed by atoms with Gasteiger partial charge in [0.25, 0.3) is 5.91 Å². The fourth-order valence-electron chi connectivity index (χ4n) is 1.95. The van der Waals surface area contributed by atoms with Gasteiger partial charge in [-0.15, -0.1) is 0 Å². The number of aromatic nitrogens is 2. The fourth-order valence-corrected chi connectivity index (χ4v) is 1.95. The molecule has 0 aliphatic heterocycles. The molecule has 0 aliphatic carbocycles. The summed E-state index contributed by atoms with van der Waals surface area (Å²) in [6, 6.07) is 7.59. The third-order valence-corrected chi connectivity index (χ3v) is 3.15. The first kappa shape index (κ1) is 13.1. The van der Waals surface area contributed by atoms with Gasteiger partial charge in [0.05, 0.1) is 11.8 Å². The lowest BCUT2D eigenvalue weighted by molar-refractivity contribution is 0.0752. The molecular weight excluding hydrogens is 240 g/mol. The summed E-state index contributed by atoms with van der Waals surface area (Å²) < 4.78 is 0. The SMILES string of the molecule is CCN(Cc1ccccc1N)C(=O)c1cn[nH]c1C. The number of nitrogens with one attached hydrogen (secondary N) is 1. The Morgan fingerprint density at radius 2 is 2.16 bits per heavy atom. The molecule has 1 amide bonds. The highest BCUT2D eigenvalue weighted by Crippen LogP contribution is 2.16. The standard InChI is InChI=1S/C14H18N4O/c1-3-18(9-11-6-4-5-7-13(11)15)14(19)12-8-16-17-10(12)2/h4-8H,3,9,15H2,1-2H3,(H,16,17). The van der Waals surface area contributed by atoms with Crippen LogP contribution in [-0.4, -0.2) is 27.5 Å². The maximum Gasteiger partial charge on any atom is 0.257 e. The van der Waals surface area contributed by atoms with Crippen molar-refractivity contribution in [2.45, 2.75) is 20.4 Å². The van der Waals surface area contributed by atoms with Crippen LogP contribution in [0.1, 0.15) is 28.5 Å². The van der Waals surface area contributed by atoms with E-state index in [1.54, 1.807) is 11.1 Å². The van der Waals surface area contributed by atoms with Crippen molar-refractivity contribution in [3.05, 3.63) is 47.3 Å². The molecule has 1 aromatic heterocycles. The Bertz CT molecular complexity index is 576. The van der Waals surface area contributed by atoms with Crippen molar-refractivity contribution in [3.8, 4) is 0 Å². The number of para-hydroxylation sites is 1. The number of aromatic amines is 1. The van der Waals surface area contributed by atoms with E-state index in [1.807, 2.05) is 38.1 Å². The van der Waals surface area contributed by atoms with E-state index < -0.39 is 0 Å². The lowest BCUT2D eigenvalue weighted by Crippen LogP contribution is -2.30. The molecule has 0 saturated carbocycles. The lowest BCUT2D eigenvalue weighted by Gasteiger charge is -2.21. The molecule has 0 bridgehead atoms. The average Bonchev–Trinajstić information content (AvgIpc) is 2.83. The number of hydrogen-bond acceptors (Lipinski definition) is 3. The Kier molecular flexibility index (Phi) is 3.85. The topological polar surface area (TPSA) is 75.0 Å². The van der Waals surface area contributed by atoms with Crippen LogP contribution in [0.3, 0.4) is 0 Å². The lowest BCUT2D eigenvalue weighted by atomic mass is 10.1. The summed E-state index contributed by atoms with van der Waals surface area (Å²) in [5.41, 5.74) is 8.97. The van der Waals surface area contributed by atoms with E-state index in [-0.39, 0.29) is 5.91 Å². The Labute approximate surface area is 112 Å². The number of carbonyl (C=O) groups excluding carboxylic acids is 1. The number of nitrogen functional groups attached to an aromatic ring is 1. The third kappa shape index (κ3) is 2.76. The molecule has 1 aromatic carbocycles. The first-order chi connectivity index (χ1) is 9.13. The molecule has 0 atom stereocenters. The summed E-state index contributed by atoms with van der Waals surface area (Å²) in [5, 5.41) is 6.67. The van der Waals surface area contributed by atoms with Gasteiger partial charge in [0.15, 0.2) is 0 Å². The van der Waals surface area contributed by atoms with Crippen molar-refractivity contribution >= 4 is 11.6 Å². The number of benzene rings is 1. The zero-order chi connectivity index (χ0) is 13.8. The molecule has 19 heavy (non-hydrogen) atoms. The quantitative estimate of drug-likeness (QED) is 0.823. The molecular formula is C14H18N4O. The van der Waals surface area contributed by atoms with Gasteiger partial charge < -0.3 is 10.6 Å². The van der Waals surface area contributed by atoms with Gasteiger partial charge in [-0.05, 0) is 25.5 Å². The van der Waals surface area contributed by atoms with E-state index in [0.29, 0.717) is 24.3 Å². The maximum absolute atomic E-state index is 12.4. The van der Waals surface area contributed by atoms with Crippen LogP contribution in [-0.2, 0) is 6.54 Å².